The van der Waals surface area contributed by atoms with Crippen LogP contribution < -0.4 is 0 Å². The Morgan fingerprint density at radius 3 is 2.15 bits per heavy atom. The molecule has 0 fully saturated rings. The highest BCUT2D eigenvalue weighted by atomic mass is 35.5. The molecule has 0 amide bonds. The van der Waals surface area contributed by atoms with Crippen LogP contribution in [0.1, 0.15) is 11.7 Å². The van der Waals surface area contributed by atoms with Crippen LogP contribution >= 0.6 is 34.8 Å². The van der Waals surface area contributed by atoms with Crippen molar-refractivity contribution in [3.05, 3.63) is 32.8 Å². The van der Waals surface area contributed by atoms with Crippen LogP contribution in [0.15, 0.2) is 12.1 Å². The summed E-state index contributed by atoms with van der Waals surface area (Å²) in [5, 5.41) is 18.9. The van der Waals surface area contributed by atoms with Crippen molar-refractivity contribution >= 4 is 34.8 Å². The van der Waals surface area contributed by atoms with Crippen LogP contribution in [-0.4, -0.2) is 16.8 Å². The Labute approximate surface area is 90.7 Å². The molecule has 0 radical (unpaired) electrons. The average molecular weight is 242 g/mol. The van der Waals surface area contributed by atoms with Crippen LogP contribution in [-0.2, 0) is 0 Å². The van der Waals surface area contributed by atoms with E-state index < -0.39 is 12.7 Å². The molecule has 0 saturated carbocycles. The Hall–Kier alpha value is 0.01000. The van der Waals surface area contributed by atoms with Crippen LogP contribution in [0.4, 0.5) is 0 Å². The summed E-state index contributed by atoms with van der Waals surface area (Å²) in [5.74, 6) is 0. The Kier molecular flexibility index (Phi) is 3.83. The van der Waals surface area contributed by atoms with Gasteiger partial charge >= 0.3 is 0 Å². The molecule has 0 aliphatic rings. The van der Waals surface area contributed by atoms with Crippen LogP contribution in [0.3, 0.4) is 0 Å². The topological polar surface area (TPSA) is 40.5 Å². The fraction of sp³-hybridized carbons (Fsp3) is 0.250. The lowest BCUT2D eigenvalue weighted by atomic mass is 10.1. The van der Waals surface area contributed by atoms with Crippen molar-refractivity contribution in [1.29, 1.82) is 0 Å². The molecule has 0 aliphatic heterocycles. The molecule has 0 aliphatic carbocycles. The number of benzene rings is 1. The van der Waals surface area contributed by atoms with E-state index in [0.717, 1.165) is 0 Å². The molecule has 0 heterocycles. The van der Waals surface area contributed by atoms with Gasteiger partial charge in [0, 0.05) is 10.6 Å². The maximum absolute atomic E-state index is 9.29. The third-order valence-corrected chi connectivity index (χ3v) is 2.62. The van der Waals surface area contributed by atoms with Crippen molar-refractivity contribution in [2.24, 2.45) is 0 Å². The van der Waals surface area contributed by atoms with Crippen molar-refractivity contribution < 1.29 is 10.2 Å². The first kappa shape index (κ1) is 11.1. The third-order valence-electron chi connectivity index (χ3n) is 1.57. The standard InChI is InChI=1S/C8H7Cl3O2/c9-5-2-7(11)6(10)1-4(5)8(13)3-12/h1-2,8,12-13H,3H2. The Bertz CT molecular complexity index is 315. The Morgan fingerprint density at radius 1 is 1.08 bits per heavy atom. The second kappa shape index (κ2) is 4.49. The molecule has 2 N–H and O–H groups in total. The van der Waals surface area contributed by atoms with E-state index in [1.165, 1.54) is 12.1 Å². The second-order valence-electron chi connectivity index (χ2n) is 2.49. The Balaban J connectivity index is 3.15. The minimum Gasteiger partial charge on any atom is -0.393 e. The van der Waals surface area contributed by atoms with Gasteiger partial charge in [-0.3, -0.25) is 0 Å². The normalized spacial score (nSPS) is 13.0. The molecule has 1 aromatic carbocycles. The molecule has 0 bridgehead atoms. The van der Waals surface area contributed by atoms with Crippen molar-refractivity contribution in [1.82, 2.24) is 0 Å². The van der Waals surface area contributed by atoms with Gasteiger partial charge in [0.15, 0.2) is 0 Å². The molecule has 0 aromatic heterocycles. The SMILES string of the molecule is OCC(O)c1cc(Cl)c(Cl)cc1Cl. The molecule has 2 nitrogen and oxygen atoms in total. The van der Waals surface area contributed by atoms with Gasteiger partial charge in [-0.25, -0.2) is 0 Å². The summed E-state index contributed by atoms with van der Waals surface area (Å²) in [7, 11) is 0. The van der Waals surface area contributed by atoms with Crippen molar-refractivity contribution in [3.8, 4) is 0 Å². The van der Waals surface area contributed by atoms with E-state index in [4.69, 9.17) is 39.9 Å². The predicted octanol–water partition coefficient (Wildman–Crippen LogP) is 2.67. The zero-order valence-corrected chi connectivity index (χ0v) is 8.74. The average Bonchev–Trinajstić information content (AvgIpc) is 2.10. The van der Waals surface area contributed by atoms with E-state index >= 15 is 0 Å². The monoisotopic (exact) mass is 240 g/mol. The minimum absolute atomic E-state index is 0.288. The fourth-order valence-electron chi connectivity index (χ4n) is 0.892. The fourth-order valence-corrected chi connectivity index (χ4v) is 1.57. The maximum Gasteiger partial charge on any atom is 0.104 e. The number of aliphatic hydroxyl groups excluding tert-OH is 2. The van der Waals surface area contributed by atoms with E-state index in [-0.39, 0.29) is 5.02 Å². The van der Waals surface area contributed by atoms with Gasteiger partial charge in [0.1, 0.15) is 6.10 Å². The highest BCUT2D eigenvalue weighted by Crippen LogP contribution is 2.31. The van der Waals surface area contributed by atoms with Gasteiger partial charge < -0.3 is 10.2 Å². The molecule has 1 rings (SSSR count). The number of rotatable bonds is 2. The molecule has 1 aromatic rings. The molecule has 13 heavy (non-hydrogen) atoms. The molecule has 0 saturated heterocycles. The summed E-state index contributed by atoms with van der Waals surface area (Å²) < 4.78 is 0. The van der Waals surface area contributed by atoms with Crippen molar-refractivity contribution in [2.45, 2.75) is 6.10 Å². The lowest BCUT2D eigenvalue weighted by molar-refractivity contribution is 0.0957. The lowest BCUT2D eigenvalue weighted by Crippen LogP contribution is -2.03. The molecular formula is C8H7Cl3O2. The van der Waals surface area contributed by atoms with Gasteiger partial charge in [0.2, 0.25) is 0 Å². The molecule has 5 heteroatoms. The van der Waals surface area contributed by atoms with E-state index in [1.807, 2.05) is 0 Å². The van der Waals surface area contributed by atoms with Gasteiger partial charge in [-0.1, -0.05) is 34.8 Å². The van der Waals surface area contributed by atoms with E-state index in [1.54, 1.807) is 0 Å². The van der Waals surface area contributed by atoms with E-state index in [2.05, 4.69) is 0 Å². The first-order valence-electron chi connectivity index (χ1n) is 3.49. The number of halogens is 3. The van der Waals surface area contributed by atoms with Gasteiger partial charge in [0.25, 0.3) is 0 Å². The minimum atomic E-state index is -1.03. The van der Waals surface area contributed by atoms with Gasteiger partial charge in [-0.15, -0.1) is 0 Å². The van der Waals surface area contributed by atoms with Crippen LogP contribution in [0.25, 0.3) is 0 Å². The van der Waals surface area contributed by atoms with Gasteiger partial charge in [0.05, 0.1) is 16.7 Å². The number of aliphatic hydroxyl groups is 2. The first-order valence-corrected chi connectivity index (χ1v) is 4.63. The highest BCUT2D eigenvalue weighted by Gasteiger charge is 2.12. The molecule has 1 atom stereocenters. The molecule has 0 spiro atoms. The molecular weight excluding hydrogens is 234 g/mol. The van der Waals surface area contributed by atoms with Crippen molar-refractivity contribution in [3.63, 3.8) is 0 Å². The molecule has 72 valence electrons. The maximum atomic E-state index is 9.29. The molecule has 1 unspecified atom stereocenters. The lowest BCUT2D eigenvalue weighted by Gasteiger charge is -2.10. The quantitative estimate of drug-likeness (QED) is 0.782. The summed E-state index contributed by atoms with van der Waals surface area (Å²) in [4.78, 5) is 0. The summed E-state index contributed by atoms with van der Waals surface area (Å²) in [6, 6.07) is 2.87. The summed E-state index contributed by atoms with van der Waals surface area (Å²) in [5.41, 5.74) is 0.374. The van der Waals surface area contributed by atoms with Crippen molar-refractivity contribution in [2.75, 3.05) is 6.61 Å². The Morgan fingerprint density at radius 2 is 1.62 bits per heavy atom. The number of hydrogen-bond donors (Lipinski definition) is 2. The predicted molar refractivity (Wildman–Crippen MR) is 53.5 cm³/mol. The third kappa shape index (κ3) is 2.48. The van der Waals surface area contributed by atoms with E-state index in [0.29, 0.717) is 15.6 Å². The zero-order valence-electron chi connectivity index (χ0n) is 6.47. The first-order chi connectivity index (χ1) is 6.06. The summed E-state index contributed by atoms with van der Waals surface area (Å²) in [6.45, 7) is -0.405. The largest absolute Gasteiger partial charge is 0.393 e. The smallest absolute Gasteiger partial charge is 0.104 e. The summed E-state index contributed by atoms with van der Waals surface area (Å²) in [6.07, 6.45) is -1.03. The zero-order chi connectivity index (χ0) is 10.0. The second-order valence-corrected chi connectivity index (χ2v) is 3.71. The van der Waals surface area contributed by atoms with Gasteiger partial charge in [-0.05, 0) is 12.1 Å². The van der Waals surface area contributed by atoms with Crippen LogP contribution in [0.5, 0.6) is 0 Å². The highest BCUT2D eigenvalue weighted by molar-refractivity contribution is 6.43. The number of hydrogen-bond acceptors (Lipinski definition) is 2. The van der Waals surface area contributed by atoms with E-state index in [9.17, 15) is 5.11 Å². The van der Waals surface area contributed by atoms with Crippen LogP contribution in [0, 0.1) is 0 Å². The van der Waals surface area contributed by atoms with Gasteiger partial charge in [-0.2, -0.15) is 0 Å². The summed E-state index contributed by atoms with van der Waals surface area (Å²) >= 11 is 17.1. The van der Waals surface area contributed by atoms with Crippen LogP contribution in [0.2, 0.25) is 15.1 Å².